The average molecular weight is 314 g/mol. The number of halogens is 5. The Hall–Kier alpha value is -1.24. The van der Waals surface area contributed by atoms with Gasteiger partial charge >= 0.3 is 6.18 Å². The van der Waals surface area contributed by atoms with Crippen molar-refractivity contribution in [2.24, 2.45) is 0 Å². The highest BCUT2D eigenvalue weighted by atomic mass is 35.5. The van der Waals surface area contributed by atoms with Crippen LogP contribution < -0.4 is 5.48 Å². The monoisotopic (exact) mass is 313 g/mol. The molecule has 0 bridgehead atoms. The lowest BCUT2D eigenvalue weighted by Crippen LogP contribution is -2.28. The summed E-state index contributed by atoms with van der Waals surface area (Å²) in [7, 11) is 0. The second kappa shape index (κ2) is 6.79. The van der Waals surface area contributed by atoms with Crippen LogP contribution in [0.15, 0.2) is 24.3 Å². The van der Waals surface area contributed by atoms with Gasteiger partial charge in [-0.05, 0) is 23.8 Å². The van der Waals surface area contributed by atoms with E-state index >= 15 is 0 Å². The van der Waals surface area contributed by atoms with Crippen LogP contribution in [0.2, 0.25) is 10.0 Å². The summed E-state index contributed by atoms with van der Waals surface area (Å²) in [6.45, 7) is -1.56. The van der Waals surface area contributed by atoms with Crippen LogP contribution in [-0.4, -0.2) is 18.7 Å². The van der Waals surface area contributed by atoms with E-state index in [-0.39, 0.29) is 0 Å². The molecule has 0 aliphatic rings. The third-order valence-corrected chi connectivity index (χ3v) is 2.52. The number of amides is 1. The number of hydroxylamine groups is 1. The van der Waals surface area contributed by atoms with E-state index in [2.05, 4.69) is 4.84 Å². The zero-order valence-electron chi connectivity index (χ0n) is 9.30. The Morgan fingerprint density at radius 3 is 2.58 bits per heavy atom. The fourth-order valence-corrected chi connectivity index (χ4v) is 1.32. The molecule has 0 saturated heterocycles. The maximum Gasteiger partial charge on any atom is 0.414 e. The maximum atomic E-state index is 11.7. The van der Waals surface area contributed by atoms with Gasteiger partial charge in [-0.25, -0.2) is 5.48 Å². The molecule has 0 atom stereocenters. The van der Waals surface area contributed by atoms with Gasteiger partial charge in [0.2, 0.25) is 0 Å². The molecule has 104 valence electrons. The number of alkyl halides is 3. The average Bonchev–Trinajstić information content (AvgIpc) is 2.29. The molecule has 0 radical (unpaired) electrons. The Labute approximate surface area is 116 Å². The van der Waals surface area contributed by atoms with Gasteiger partial charge in [0.1, 0.15) is 0 Å². The molecule has 0 aliphatic carbocycles. The second-order valence-corrected chi connectivity index (χ2v) is 4.19. The van der Waals surface area contributed by atoms with Crippen LogP contribution in [0, 0.1) is 0 Å². The minimum absolute atomic E-state index is 0.303. The Kier molecular flexibility index (Phi) is 5.65. The van der Waals surface area contributed by atoms with Gasteiger partial charge in [0.05, 0.1) is 10.0 Å². The molecule has 1 rings (SSSR count). The fourth-order valence-electron chi connectivity index (χ4n) is 1.01. The van der Waals surface area contributed by atoms with Gasteiger partial charge in [-0.2, -0.15) is 13.2 Å². The van der Waals surface area contributed by atoms with Gasteiger partial charge in [0.15, 0.2) is 6.61 Å². The number of hydrogen-bond donors (Lipinski definition) is 1. The molecule has 8 heteroatoms. The van der Waals surface area contributed by atoms with Crippen LogP contribution in [-0.2, 0) is 9.63 Å². The third-order valence-electron chi connectivity index (χ3n) is 1.78. The van der Waals surface area contributed by atoms with E-state index in [1.807, 2.05) is 0 Å². The standard InChI is InChI=1S/C11H8Cl2F3NO2/c12-8-3-1-7(5-9(8)13)2-4-10(18)17-19-6-11(14,15)16/h1-5H,6H2,(H,17,18)/b4-2+. The Bertz CT molecular complexity index is 489. The molecule has 3 nitrogen and oxygen atoms in total. The van der Waals surface area contributed by atoms with Crippen molar-refractivity contribution in [1.82, 2.24) is 5.48 Å². The third kappa shape index (κ3) is 6.47. The minimum Gasteiger partial charge on any atom is -0.268 e. The highest BCUT2D eigenvalue weighted by molar-refractivity contribution is 6.42. The molecule has 0 spiro atoms. The van der Waals surface area contributed by atoms with Gasteiger partial charge in [0.25, 0.3) is 5.91 Å². The van der Waals surface area contributed by atoms with E-state index in [1.165, 1.54) is 18.2 Å². The number of benzene rings is 1. The molecule has 1 amide bonds. The van der Waals surface area contributed by atoms with Gasteiger partial charge in [-0.1, -0.05) is 29.3 Å². The molecule has 1 aromatic carbocycles. The number of nitrogens with one attached hydrogen (secondary N) is 1. The highest BCUT2D eigenvalue weighted by Crippen LogP contribution is 2.23. The van der Waals surface area contributed by atoms with Crippen LogP contribution in [0.4, 0.5) is 13.2 Å². The molecule has 0 unspecified atom stereocenters. The molecule has 0 aliphatic heterocycles. The first-order chi connectivity index (χ1) is 8.78. The van der Waals surface area contributed by atoms with Crippen LogP contribution in [0.3, 0.4) is 0 Å². The van der Waals surface area contributed by atoms with Crippen LogP contribution in [0.5, 0.6) is 0 Å². The predicted molar refractivity (Wildman–Crippen MR) is 65.6 cm³/mol. The van der Waals surface area contributed by atoms with Crippen molar-refractivity contribution < 1.29 is 22.8 Å². The Morgan fingerprint density at radius 2 is 2.00 bits per heavy atom. The summed E-state index contributed by atoms with van der Waals surface area (Å²) in [5, 5.41) is 0.661. The number of rotatable bonds is 4. The number of hydrogen-bond acceptors (Lipinski definition) is 2. The topological polar surface area (TPSA) is 38.3 Å². The van der Waals surface area contributed by atoms with Gasteiger partial charge in [-0.15, -0.1) is 0 Å². The molecule has 0 heterocycles. The molecule has 19 heavy (non-hydrogen) atoms. The summed E-state index contributed by atoms with van der Waals surface area (Å²) in [6.07, 6.45) is -2.13. The molecule has 0 aromatic heterocycles. The summed E-state index contributed by atoms with van der Waals surface area (Å²) in [4.78, 5) is 15.1. The molecule has 1 N–H and O–H groups in total. The smallest absolute Gasteiger partial charge is 0.268 e. The normalized spacial score (nSPS) is 11.8. The van der Waals surface area contributed by atoms with E-state index in [9.17, 15) is 18.0 Å². The van der Waals surface area contributed by atoms with Crippen molar-refractivity contribution >= 4 is 35.2 Å². The highest BCUT2D eigenvalue weighted by Gasteiger charge is 2.28. The lowest BCUT2D eigenvalue weighted by atomic mass is 10.2. The minimum atomic E-state index is -4.50. The SMILES string of the molecule is O=C(/C=C/c1ccc(Cl)c(Cl)c1)NOCC(F)(F)F. The van der Waals surface area contributed by atoms with Crippen molar-refractivity contribution in [2.45, 2.75) is 6.18 Å². The van der Waals surface area contributed by atoms with Crippen molar-refractivity contribution in [1.29, 1.82) is 0 Å². The summed E-state index contributed by atoms with van der Waals surface area (Å²) in [5.41, 5.74) is 2.20. The lowest BCUT2D eigenvalue weighted by molar-refractivity contribution is -0.190. The van der Waals surface area contributed by atoms with Crippen molar-refractivity contribution in [3.05, 3.63) is 39.9 Å². The van der Waals surface area contributed by atoms with E-state index in [1.54, 1.807) is 11.5 Å². The Balaban J connectivity index is 2.47. The molecular formula is C11H8Cl2F3NO2. The quantitative estimate of drug-likeness (QED) is 0.681. The van der Waals surface area contributed by atoms with Gasteiger partial charge < -0.3 is 0 Å². The van der Waals surface area contributed by atoms with E-state index in [0.717, 1.165) is 6.08 Å². The molecule has 0 fully saturated rings. The van der Waals surface area contributed by atoms with Gasteiger partial charge in [0, 0.05) is 6.08 Å². The van der Waals surface area contributed by atoms with Crippen LogP contribution in [0.25, 0.3) is 6.08 Å². The predicted octanol–water partition coefficient (Wildman–Crippen LogP) is 3.62. The van der Waals surface area contributed by atoms with Crippen LogP contribution in [0.1, 0.15) is 5.56 Å². The molecule has 1 aromatic rings. The number of carbonyl (C=O) groups excluding carboxylic acids is 1. The van der Waals surface area contributed by atoms with Gasteiger partial charge in [-0.3, -0.25) is 9.63 Å². The Morgan fingerprint density at radius 1 is 1.32 bits per heavy atom. The summed E-state index contributed by atoms with van der Waals surface area (Å²) < 4.78 is 35.2. The fraction of sp³-hybridized carbons (Fsp3) is 0.182. The maximum absolute atomic E-state index is 11.7. The van der Waals surface area contributed by atoms with Crippen LogP contribution >= 0.6 is 23.2 Å². The summed E-state index contributed by atoms with van der Waals surface area (Å²) in [5.74, 6) is -0.824. The number of carbonyl (C=O) groups is 1. The molecule has 0 saturated carbocycles. The zero-order valence-corrected chi connectivity index (χ0v) is 10.8. The lowest BCUT2D eigenvalue weighted by Gasteiger charge is -2.06. The zero-order chi connectivity index (χ0) is 14.5. The first-order valence-corrected chi connectivity index (χ1v) is 5.65. The largest absolute Gasteiger partial charge is 0.414 e. The second-order valence-electron chi connectivity index (χ2n) is 3.38. The van der Waals surface area contributed by atoms with E-state index in [0.29, 0.717) is 15.6 Å². The van der Waals surface area contributed by atoms with E-state index in [4.69, 9.17) is 23.2 Å². The summed E-state index contributed by atoms with van der Waals surface area (Å²) >= 11 is 11.4. The van der Waals surface area contributed by atoms with Crippen molar-refractivity contribution in [2.75, 3.05) is 6.61 Å². The van der Waals surface area contributed by atoms with Crippen molar-refractivity contribution in [3.8, 4) is 0 Å². The van der Waals surface area contributed by atoms with Crippen molar-refractivity contribution in [3.63, 3.8) is 0 Å². The first kappa shape index (κ1) is 15.8. The molecular weight excluding hydrogens is 306 g/mol. The first-order valence-electron chi connectivity index (χ1n) is 4.89. The van der Waals surface area contributed by atoms with E-state index < -0.39 is 18.7 Å². The summed E-state index contributed by atoms with van der Waals surface area (Å²) in [6, 6.07) is 4.63.